The maximum atomic E-state index is 12.7. The largest absolute Gasteiger partial charge is 0.490 e. The van der Waals surface area contributed by atoms with E-state index in [1.54, 1.807) is 19.2 Å². The summed E-state index contributed by atoms with van der Waals surface area (Å²) in [4.78, 5) is 14.2. The van der Waals surface area contributed by atoms with E-state index in [-0.39, 0.29) is 12.5 Å². The first kappa shape index (κ1) is 31.3. The number of benzene rings is 1. The molecule has 0 aliphatic carbocycles. The van der Waals surface area contributed by atoms with Gasteiger partial charge in [-0.3, -0.25) is 4.79 Å². The Hall–Kier alpha value is -1.75. The Bertz CT molecular complexity index is 649. The summed E-state index contributed by atoms with van der Waals surface area (Å²) < 4.78 is 12.2. The summed E-state index contributed by atoms with van der Waals surface area (Å²) in [5.74, 6) is 1.25. The zero-order chi connectivity index (χ0) is 25.6. The van der Waals surface area contributed by atoms with Gasteiger partial charge in [0.25, 0.3) is 5.91 Å². The minimum Gasteiger partial charge on any atom is -0.490 e. The van der Waals surface area contributed by atoms with Gasteiger partial charge >= 0.3 is 0 Å². The fourth-order valence-corrected chi connectivity index (χ4v) is 4.18. The predicted octanol–water partition coefficient (Wildman–Crippen LogP) is 7.79. The van der Waals surface area contributed by atoms with Crippen molar-refractivity contribution in [3.05, 3.63) is 23.8 Å². The molecule has 1 amide bonds. The Labute approximate surface area is 215 Å². The number of amides is 1. The third kappa shape index (κ3) is 15.1. The van der Waals surface area contributed by atoms with Gasteiger partial charge in [-0.1, -0.05) is 104 Å². The van der Waals surface area contributed by atoms with E-state index < -0.39 is 0 Å². The zero-order valence-electron chi connectivity index (χ0n) is 23.0. The monoisotopic (exact) mass is 491 g/mol. The van der Waals surface area contributed by atoms with Gasteiger partial charge in [0, 0.05) is 19.2 Å². The SMILES string of the molecule is CCCCCCCCCCOc1ccc(C(=O)N(C)CCO)cc1OCCCCCCCCCC. The van der Waals surface area contributed by atoms with E-state index in [0.29, 0.717) is 36.8 Å². The predicted molar refractivity (Wildman–Crippen MR) is 147 cm³/mol. The van der Waals surface area contributed by atoms with Gasteiger partial charge in [0.1, 0.15) is 0 Å². The average molecular weight is 492 g/mol. The number of nitrogens with zero attached hydrogens (tertiary/aromatic N) is 1. The second-order valence-electron chi connectivity index (χ2n) is 9.76. The summed E-state index contributed by atoms with van der Waals surface area (Å²) in [6, 6.07) is 5.44. The Morgan fingerprint density at radius 1 is 0.714 bits per heavy atom. The van der Waals surface area contributed by atoms with E-state index in [4.69, 9.17) is 14.6 Å². The van der Waals surface area contributed by atoms with Gasteiger partial charge in [0.2, 0.25) is 0 Å². The molecule has 0 heterocycles. The highest BCUT2D eigenvalue weighted by atomic mass is 16.5. The lowest BCUT2D eigenvalue weighted by molar-refractivity contribution is 0.0766. The molecular weight excluding hydrogens is 438 g/mol. The van der Waals surface area contributed by atoms with Crippen LogP contribution in [0.15, 0.2) is 18.2 Å². The van der Waals surface area contributed by atoms with Gasteiger partial charge < -0.3 is 19.5 Å². The molecular formula is C30H53NO4. The number of aliphatic hydroxyl groups excluding tert-OH is 1. The maximum Gasteiger partial charge on any atom is 0.253 e. The molecule has 0 saturated carbocycles. The minimum atomic E-state index is -0.120. The molecule has 0 atom stereocenters. The molecule has 1 aromatic carbocycles. The Balaban J connectivity index is 2.52. The topological polar surface area (TPSA) is 59.0 Å². The van der Waals surface area contributed by atoms with Gasteiger partial charge in [0.15, 0.2) is 11.5 Å². The molecule has 35 heavy (non-hydrogen) atoms. The number of unbranched alkanes of at least 4 members (excludes halogenated alkanes) is 14. The number of carbonyl (C=O) groups excluding carboxylic acids is 1. The highest BCUT2D eigenvalue weighted by Gasteiger charge is 2.15. The molecule has 0 unspecified atom stereocenters. The number of aliphatic hydroxyl groups is 1. The molecule has 5 nitrogen and oxygen atoms in total. The number of rotatable bonds is 23. The van der Waals surface area contributed by atoms with Crippen molar-refractivity contribution in [1.29, 1.82) is 0 Å². The summed E-state index contributed by atoms with van der Waals surface area (Å²) in [5, 5.41) is 9.15. The summed E-state index contributed by atoms with van der Waals surface area (Å²) in [7, 11) is 1.70. The van der Waals surface area contributed by atoms with Crippen LogP contribution in [0.5, 0.6) is 11.5 Å². The second-order valence-corrected chi connectivity index (χ2v) is 9.76. The summed E-state index contributed by atoms with van der Waals surface area (Å²) in [6.45, 7) is 6.06. The van der Waals surface area contributed by atoms with E-state index in [2.05, 4.69) is 13.8 Å². The van der Waals surface area contributed by atoms with E-state index >= 15 is 0 Å². The third-order valence-electron chi connectivity index (χ3n) is 6.48. The van der Waals surface area contributed by atoms with Crippen molar-refractivity contribution >= 4 is 5.91 Å². The molecule has 0 aliphatic heterocycles. The quantitative estimate of drug-likeness (QED) is 0.159. The number of carbonyl (C=O) groups is 1. The van der Waals surface area contributed by atoms with Crippen LogP contribution in [0.3, 0.4) is 0 Å². The van der Waals surface area contributed by atoms with Gasteiger partial charge in [-0.15, -0.1) is 0 Å². The fraction of sp³-hybridized carbons (Fsp3) is 0.767. The van der Waals surface area contributed by atoms with Crippen molar-refractivity contribution in [3.8, 4) is 11.5 Å². The molecule has 5 heteroatoms. The van der Waals surface area contributed by atoms with E-state index in [1.165, 1.54) is 94.8 Å². The van der Waals surface area contributed by atoms with Gasteiger partial charge in [-0.05, 0) is 31.0 Å². The highest BCUT2D eigenvalue weighted by Crippen LogP contribution is 2.29. The molecule has 0 fully saturated rings. The molecule has 0 aliphatic rings. The van der Waals surface area contributed by atoms with Crippen LogP contribution < -0.4 is 9.47 Å². The Morgan fingerprint density at radius 2 is 1.17 bits per heavy atom. The number of hydrogen-bond donors (Lipinski definition) is 1. The molecule has 0 spiro atoms. The van der Waals surface area contributed by atoms with Crippen molar-refractivity contribution in [2.45, 2.75) is 117 Å². The van der Waals surface area contributed by atoms with Crippen LogP contribution >= 0.6 is 0 Å². The first-order chi connectivity index (χ1) is 17.1. The van der Waals surface area contributed by atoms with Crippen LogP contribution in [0.2, 0.25) is 0 Å². The fourth-order valence-electron chi connectivity index (χ4n) is 4.18. The first-order valence-electron chi connectivity index (χ1n) is 14.4. The number of likely N-dealkylation sites (N-methyl/N-ethyl adjacent to an activating group) is 1. The molecule has 0 saturated heterocycles. The lowest BCUT2D eigenvalue weighted by Gasteiger charge is -2.18. The Morgan fingerprint density at radius 3 is 1.66 bits per heavy atom. The number of ether oxygens (including phenoxy) is 2. The molecule has 202 valence electrons. The van der Waals surface area contributed by atoms with E-state index in [9.17, 15) is 4.79 Å². The van der Waals surface area contributed by atoms with Crippen LogP contribution in [0.4, 0.5) is 0 Å². The first-order valence-corrected chi connectivity index (χ1v) is 14.4. The lowest BCUT2D eigenvalue weighted by Crippen LogP contribution is -2.29. The summed E-state index contributed by atoms with van der Waals surface area (Å²) >= 11 is 0. The van der Waals surface area contributed by atoms with E-state index in [0.717, 1.165) is 12.8 Å². The third-order valence-corrected chi connectivity index (χ3v) is 6.48. The standard InChI is InChI=1S/C30H53NO4/c1-4-6-8-10-12-14-16-18-24-34-28-21-20-27(30(33)31(3)22-23-32)26-29(28)35-25-19-17-15-13-11-9-7-5-2/h20-21,26,32H,4-19,22-25H2,1-3H3. The minimum absolute atomic E-state index is 0.0517. The van der Waals surface area contributed by atoms with Gasteiger partial charge in [-0.25, -0.2) is 0 Å². The molecule has 1 aromatic rings. The Kier molecular flexibility index (Phi) is 19.2. The van der Waals surface area contributed by atoms with Crippen LogP contribution in [0, 0.1) is 0 Å². The van der Waals surface area contributed by atoms with Crippen LogP contribution in [0.25, 0.3) is 0 Å². The smallest absolute Gasteiger partial charge is 0.253 e. The second kappa shape index (κ2) is 21.5. The van der Waals surface area contributed by atoms with Crippen molar-refractivity contribution in [2.24, 2.45) is 0 Å². The zero-order valence-corrected chi connectivity index (χ0v) is 23.0. The summed E-state index contributed by atoms with van der Waals surface area (Å²) in [6.07, 6.45) is 20.1. The van der Waals surface area contributed by atoms with Gasteiger partial charge in [-0.2, -0.15) is 0 Å². The molecule has 0 radical (unpaired) electrons. The normalized spacial score (nSPS) is 11.0. The lowest BCUT2D eigenvalue weighted by atomic mass is 10.1. The molecule has 0 aromatic heterocycles. The van der Waals surface area contributed by atoms with E-state index in [1.807, 2.05) is 6.07 Å². The van der Waals surface area contributed by atoms with Crippen LogP contribution in [-0.4, -0.2) is 49.3 Å². The maximum absolute atomic E-state index is 12.7. The van der Waals surface area contributed by atoms with Crippen molar-refractivity contribution in [3.63, 3.8) is 0 Å². The summed E-state index contributed by atoms with van der Waals surface area (Å²) in [5.41, 5.74) is 0.561. The highest BCUT2D eigenvalue weighted by molar-refractivity contribution is 5.94. The van der Waals surface area contributed by atoms with Crippen molar-refractivity contribution in [2.75, 3.05) is 33.4 Å². The molecule has 1 rings (SSSR count). The van der Waals surface area contributed by atoms with Gasteiger partial charge in [0.05, 0.1) is 19.8 Å². The molecule has 0 bridgehead atoms. The van der Waals surface area contributed by atoms with Crippen molar-refractivity contribution in [1.82, 2.24) is 4.90 Å². The van der Waals surface area contributed by atoms with Crippen molar-refractivity contribution < 1.29 is 19.4 Å². The van der Waals surface area contributed by atoms with Crippen LogP contribution in [0.1, 0.15) is 127 Å². The average Bonchev–Trinajstić information content (AvgIpc) is 2.87. The molecule has 1 N–H and O–H groups in total. The van der Waals surface area contributed by atoms with Crippen LogP contribution in [-0.2, 0) is 0 Å². The number of hydrogen-bond acceptors (Lipinski definition) is 4.